The molecule has 0 aliphatic heterocycles. The molecule has 1 aromatic rings. The number of nitro benzene ring substituents is 2. The summed E-state index contributed by atoms with van der Waals surface area (Å²) in [7, 11) is -3.35. The van der Waals surface area contributed by atoms with Crippen molar-refractivity contribution in [3.05, 3.63) is 44.0 Å². The zero-order chi connectivity index (χ0) is 21.0. The summed E-state index contributed by atoms with van der Waals surface area (Å²) in [5.74, 6) is 2.41. The third-order valence-corrected chi connectivity index (χ3v) is 6.90. The summed E-state index contributed by atoms with van der Waals surface area (Å²) in [4.78, 5) is 32.7. The van der Waals surface area contributed by atoms with Gasteiger partial charge in [-0.05, 0) is 0 Å². The monoisotopic (exact) mass is 408 g/mol. The number of non-ortho nitro benzene ring substituents is 2. The zero-order valence-corrected chi connectivity index (χ0v) is 18.4. The van der Waals surface area contributed by atoms with E-state index in [2.05, 4.69) is 50.7 Å². The number of nitro groups is 2. The molecule has 0 aliphatic rings. The predicted octanol–water partition coefficient (Wildman–Crippen LogP) is 4.25. The van der Waals surface area contributed by atoms with Crippen LogP contribution in [0.25, 0.3) is 0 Å². The van der Waals surface area contributed by atoms with E-state index in [1.165, 1.54) is 0 Å². The molecule has 0 radical (unpaired) electrons. The highest BCUT2D eigenvalue weighted by molar-refractivity contribution is 6.84. The van der Waals surface area contributed by atoms with Crippen LogP contribution in [-0.4, -0.2) is 38.6 Å². The van der Waals surface area contributed by atoms with Crippen LogP contribution in [-0.2, 0) is 4.74 Å². The van der Waals surface area contributed by atoms with Crippen molar-refractivity contribution in [2.45, 2.75) is 44.8 Å². The fourth-order valence-corrected chi connectivity index (χ4v) is 3.82. The summed E-state index contributed by atoms with van der Waals surface area (Å²) >= 11 is 0. The van der Waals surface area contributed by atoms with Gasteiger partial charge in [0, 0.05) is 17.7 Å². The quantitative estimate of drug-likeness (QED) is 0.229. The van der Waals surface area contributed by atoms with E-state index in [-0.39, 0.29) is 17.7 Å². The number of esters is 1. The van der Waals surface area contributed by atoms with Crippen molar-refractivity contribution >= 4 is 33.5 Å². The second-order valence-electron chi connectivity index (χ2n) is 8.29. The molecule has 0 aromatic heterocycles. The van der Waals surface area contributed by atoms with E-state index in [1.807, 2.05) is 0 Å². The molecule has 0 amide bonds. The van der Waals surface area contributed by atoms with Gasteiger partial charge in [-0.1, -0.05) is 39.3 Å². The predicted molar refractivity (Wildman–Crippen MR) is 108 cm³/mol. The Kier molecular flexibility index (Phi) is 7.05. The van der Waals surface area contributed by atoms with Gasteiger partial charge in [0.25, 0.3) is 11.4 Å². The minimum atomic E-state index is -1.76. The van der Waals surface area contributed by atoms with Crippen LogP contribution in [0.1, 0.15) is 10.4 Å². The molecular formula is C17H24N2O6Si2. The number of carbonyl (C=O) groups excluding carboxylic acids is 1. The topological polar surface area (TPSA) is 113 Å². The average Bonchev–Trinajstić information content (AvgIpc) is 2.51. The van der Waals surface area contributed by atoms with Crippen molar-refractivity contribution in [3.8, 4) is 11.5 Å². The molecule has 1 atom stereocenters. The van der Waals surface area contributed by atoms with Gasteiger partial charge in [-0.2, -0.15) is 0 Å². The first-order chi connectivity index (χ1) is 12.2. The van der Waals surface area contributed by atoms with Gasteiger partial charge in [0.15, 0.2) is 0 Å². The Hall–Kier alpha value is -2.52. The van der Waals surface area contributed by atoms with E-state index in [0.29, 0.717) is 0 Å². The lowest BCUT2D eigenvalue weighted by Gasteiger charge is -2.24. The molecule has 1 rings (SSSR count). The second-order valence-corrected chi connectivity index (χ2v) is 18.5. The minimum Gasteiger partial charge on any atom is -0.461 e. The standard InChI is InChI=1S/C17H24N2O6Si2/c1-26(2,3)8-7-16(27(4,5)6)12-25-17(20)13-9-14(18(21)22)11-15(10-13)19(23)24/h9-11,16H,12H2,1-6H3. The van der Waals surface area contributed by atoms with Crippen LogP contribution in [0.3, 0.4) is 0 Å². The largest absolute Gasteiger partial charge is 0.461 e. The molecule has 8 nitrogen and oxygen atoms in total. The Bertz CT molecular complexity index is 783. The van der Waals surface area contributed by atoms with Gasteiger partial charge in [-0.25, -0.2) is 4.79 Å². The van der Waals surface area contributed by atoms with Crippen molar-refractivity contribution < 1.29 is 19.4 Å². The van der Waals surface area contributed by atoms with Crippen molar-refractivity contribution in [2.24, 2.45) is 0 Å². The summed E-state index contributed by atoms with van der Waals surface area (Å²) < 4.78 is 5.31. The summed E-state index contributed by atoms with van der Waals surface area (Å²) in [6.07, 6.45) is 0. The molecule has 10 heteroatoms. The maximum absolute atomic E-state index is 12.3. The Labute approximate surface area is 160 Å². The fourth-order valence-electron chi connectivity index (χ4n) is 1.98. The molecule has 0 spiro atoms. The van der Waals surface area contributed by atoms with Crippen LogP contribution in [0, 0.1) is 31.7 Å². The molecule has 0 heterocycles. The highest BCUT2D eigenvalue weighted by atomic mass is 28.3. The molecule has 1 aromatic carbocycles. The maximum atomic E-state index is 12.3. The number of hydrogen-bond acceptors (Lipinski definition) is 6. The molecule has 0 fully saturated rings. The fraction of sp³-hybridized carbons (Fsp3) is 0.471. The number of rotatable bonds is 6. The lowest BCUT2D eigenvalue weighted by molar-refractivity contribution is -0.394. The first kappa shape index (κ1) is 22.5. The van der Waals surface area contributed by atoms with Crippen molar-refractivity contribution in [2.75, 3.05) is 6.61 Å². The number of carbonyl (C=O) groups is 1. The lowest BCUT2D eigenvalue weighted by Crippen LogP contribution is -2.32. The SMILES string of the molecule is C[Si](C)(C)C#CC(COC(=O)c1cc([N+](=O)[O-])cc([N+](=O)[O-])c1)[Si](C)(C)C. The molecule has 0 N–H and O–H groups in total. The third kappa shape index (κ3) is 7.32. The van der Waals surface area contributed by atoms with E-state index in [4.69, 9.17) is 4.74 Å². The number of hydrogen-bond donors (Lipinski definition) is 0. The minimum absolute atomic E-state index is 0.0581. The van der Waals surface area contributed by atoms with Gasteiger partial charge < -0.3 is 4.74 Å². The van der Waals surface area contributed by atoms with Crippen LogP contribution in [0.4, 0.5) is 11.4 Å². The molecule has 1 unspecified atom stereocenters. The number of benzene rings is 1. The molecule has 0 saturated heterocycles. The van der Waals surface area contributed by atoms with Gasteiger partial charge in [-0.3, -0.25) is 20.2 Å². The first-order valence-electron chi connectivity index (χ1n) is 8.34. The van der Waals surface area contributed by atoms with Crippen LogP contribution >= 0.6 is 0 Å². The Morgan fingerprint density at radius 1 is 1.04 bits per heavy atom. The van der Waals surface area contributed by atoms with Gasteiger partial charge in [-0.15, -0.1) is 11.5 Å². The van der Waals surface area contributed by atoms with E-state index in [1.54, 1.807) is 0 Å². The number of nitrogens with zero attached hydrogens (tertiary/aromatic N) is 2. The van der Waals surface area contributed by atoms with Crippen molar-refractivity contribution in [3.63, 3.8) is 0 Å². The van der Waals surface area contributed by atoms with Gasteiger partial charge in [0.2, 0.25) is 0 Å². The average molecular weight is 409 g/mol. The molecule has 146 valence electrons. The summed E-state index contributed by atoms with van der Waals surface area (Å²) in [6.45, 7) is 12.8. The van der Waals surface area contributed by atoms with Gasteiger partial charge in [0.1, 0.15) is 14.7 Å². The molecule has 0 bridgehead atoms. The Morgan fingerprint density at radius 2 is 1.52 bits per heavy atom. The lowest BCUT2D eigenvalue weighted by atomic mass is 10.2. The highest BCUT2D eigenvalue weighted by Crippen LogP contribution is 2.25. The summed E-state index contributed by atoms with van der Waals surface area (Å²) in [5.41, 5.74) is 1.92. The first-order valence-corrected chi connectivity index (χ1v) is 15.4. The normalized spacial score (nSPS) is 12.5. The molecule has 0 aliphatic carbocycles. The van der Waals surface area contributed by atoms with Crippen molar-refractivity contribution in [1.82, 2.24) is 0 Å². The zero-order valence-electron chi connectivity index (χ0n) is 16.4. The van der Waals surface area contributed by atoms with Crippen LogP contribution in [0.15, 0.2) is 18.2 Å². The van der Waals surface area contributed by atoms with Crippen molar-refractivity contribution in [1.29, 1.82) is 0 Å². The van der Waals surface area contributed by atoms with E-state index in [9.17, 15) is 25.0 Å². The van der Waals surface area contributed by atoms with E-state index < -0.39 is 43.3 Å². The highest BCUT2D eigenvalue weighted by Gasteiger charge is 2.28. The second kappa shape index (κ2) is 8.45. The smallest absolute Gasteiger partial charge is 0.338 e. The number of ether oxygens (including phenoxy) is 1. The molecule has 0 saturated carbocycles. The molecule has 27 heavy (non-hydrogen) atoms. The van der Waals surface area contributed by atoms with E-state index >= 15 is 0 Å². The van der Waals surface area contributed by atoms with Gasteiger partial charge in [0.05, 0.1) is 29.6 Å². The van der Waals surface area contributed by atoms with E-state index in [0.717, 1.165) is 18.2 Å². The van der Waals surface area contributed by atoms with Crippen LogP contribution in [0.2, 0.25) is 44.8 Å². The third-order valence-electron chi connectivity index (χ3n) is 3.61. The summed E-state index contributed by atoms with van der Waals surface area (Å²) in [6, 6.07) is 2.76. The molecular weight excluding hydrogens is 384 g/mol. The maximum Gasteiger partial charge on any atom is 0.338 e. The summed E-state index contributed by atoms with van der Waals surface area (Å²) in [5, 5.41) is 21.9. The van der Waals surface area contributed by atoms with Crippen LogP contribution in [0.5, 0.6) is 0 Å². The Morgan fingerprint density at radius 3 is 1.89 bits per heavy atom. The van der Waals surface area contributed by atoms with Gasteiger partial charge >= 0.3 is 5.97 Å². The van der Waals surface area contributed by atoms with Crippen LogP contribution < -0.4 is 0 Å². The Balaban J connectivity index is 3.07.